The van der Waals surface area contributed by atoms with Crippen molar-refractivity contribution in [2.45, 2.75) is 25.8 Å². The van der Waals surface area contributed by atoms with Crippen molar-refractivity contribution >= 4 is 37.3 Å². The summed E-state index contributed by atoms with van der Waals surface area (Å²) in [6.45, 7) is 2.37. The normalized spacial score (nSPS) is 22.8. The van der Waals surface area contributed by atoms with E-state index in [-0.39, 0.29) is 11.8 Å². The van der Waals surface area contributed by atoms with Gasteiger partial charge in [-0.1, -0.05) is 0 Å². The van der Waals surface area contributed by atoms with Crippen LogP contribution in [0.1, 0.15) is 30.7 Å². The zero-order valence-corrected chi connectivity index (χ0v) is 12.2. The number of nitrogens with zero attached hydrogens (tertiary/aromatic N) is 1. The number of hydrogen-bond donors (Lipinski definition) is 0. The zero-order chi connectivity index (χ0) is 11.8. The van der Waals surface area contributed by atoms with Gasteiger partial charge in [0.2, 0.25) is 10.0 Å². The van der Waals surface area contributed by atoms with Gasteiger partial charge >= 0.3 is 0 Å². The van der Waals surface area contributed by atoms with E-state index in [1.807, 2.05) is 12.1 Å². The van der Waals surface area contributed by atoms with Crippen molar-refractivity contribution in [1.29, 1.82) is 0 Å². The molecule has 16 heavy (non-hydrogen) atoms. The SMILES string of the molecule is CCS(=O)(=O)N1CCC[C@H]1c1ccc(Br)s1. The summed E-state index contributed by atoms with van der Waals surface area (Å²) in [7, 11) is -3.06. The highest BCUT2D eigenvalue weighted by Crippen LogP contribution is 2.38. The summed E-state index contributed by atoms with van der Waals surface area (Å²) in [6.07, 6.45) is 1.89. The topological polar surface area (TPSA) is 37.4 Å². The van der Waals surface area contributed by atoms with Gasteiger partial charge in [-0.3, -0.25) is 0 Å². The number of thiophene rings is 1. The van der Waals surface area contributed by atoms with Crippen molar-refractivity contribution in [3.8, 4) is 0 Å². The van der Waals surface area contributed by atoms with Gasteiger partial charge in [0, 0.05) is 11.4 Å². The largest absolute Gasteiger partial charge is 0.214 e. The molecule has 0 spiro atoms. The third kappa shape index (κ3) is 2.34. The Hall–Kier alpha value is 0.0900. The van der Waals surface area contributed by atoms with E-state index in [1.165, 1.54) is 0 Å². The maximum absolute atomic E-state index is 11.9. The van der Waals surface area contributed by atoms with Gasteiger partial charge in [-0.15, -0.1) is 11.3 Å². The number of sulfonamides is 1. The minimum atomic E-state index is -3.06. The second-order valence-electron chi connectivity index (χ2n) is 3.81. The van der Waals surface area contributed by atoms with Crippen LogP contribution in [-0.4, -0.2) is 25.0 Å². The first-order chi connectivity index (χ1) is 7.54. The molecule has 0 N–H and O–H groups in total. The Morgan fingerprint density at radius 2 is 2.31 bits per heavy atom. The molecule has 1 saturated heterocycles. The van der Waals surface area contributed by atoms with E-state index in [9.17, 15) is 8.42 Å². The Morgan fingerprint density at radius 3 is 2.88 bits per heavy atom. The molecular formula is C10H14BrNO2S2. The van der Waals surface area contributed by atoms with E-state index in [2.05, 4.69) is 15.9 Å². The highest BCUT2D eigenvalue weighted by atomic mass is 79.9. The summed E-state index contributed by atoms with van der Waals surface area (Å²) in [5, 5.41) is 0. The molecule has 3 nitrogen and oxygen atoms in total. The van der Waals surface area contributed by atoms with Gasteiger partial charge in [0.15, 0.2) is 0 Å². The highest BCUT2D eigenvalue weighted by molar-refractivity contribution is 9.11. The lowest BCUT2D eigenvalue weighted by Gasteiger charge is -2.22. The van der Waals surface area contributed by atoms with Crippen molar-refractivity contribution in [3.05, 3.63) is 20.8 Å². The molecule has 0 unspecified atom stereocenters. The Balaban J connectivity index is 2.28. The zero-order valence-electron chi connectivity index (χ0n) is 9.02. The average molecular weight is 324 g/mol. The van der Waals surface area contributed by atoms with Crippen LogP contribution in [0.25, 0.3) is 0 Å². The number of halogens is 1. The molecule has 1 aromatic rings. The third-order valence-electron chi connectivity index (χ3n) is 2.85. The molecule has 6 heteroatoms. The molecule has 1 fully saturated rings. The minimum absolute atomic E-state index is 0.0567. The molecule has 90 valence electrons. The summed E-state index contributed by atoms with van der Waals surface area (Å²) in [4.78, 5) is 1.14. The fourth-order valence-electron chi connectivity index (χ4n) is 2.03. The van der Waals surface area contributed by atoms with Crippen molar-refractivity contribution in [1.82, 2.24) is 4.31 Å². The summed E-state index contributed by atoms with van der Waals surface area (Å²) in [5.74, 6) is 0.191. The quantitative estimate of drug-likeness (QED) is 0.857. The van der Waals surface area contributed by atoms with Crippen LogP contribution < -0.4 is 0 Å². The van der Waals surface area contributed by atoms with Crippen LogP contribution in [0.4, 0.5) is 0 Å². The molecule has 1 aliphatic rings. The van der Waals surface area contributed by atoms with Gasteiger partial charge in [-0.25, -0.2) is 8.42 Å². The molecule has 1 aromatic heterocycles. The molecule has 0 amide bonds. The molecule has 1 atom stereocenters. The smallest absolute Gasteiger partial charge is 0.212 e. The second kappa shape index (κ2) is 4.76. The van der Waals surface area contributed by atoms with Crippen LogP contribution in [0.2, 0.25) is 0 Å². The fourth-order valence-corrected chi connectivity index (χ4v) is 5.01. The number of rotatable bonds is 3. The van der Waals surface area contributed by atoms with Gasteiger partial charge in [-0.2, -0.15) is 4.31 Å². The van der Waals surface area contributed by atoms with E-state index in [0.717, 1.165) is 21.5 Å². The lowest BCUT2D eigenvalue weighted by molar-refractivity contribution is 0.402. The summed E-state index contributed by atoms with van der Waals surface area (Å²) < 4.78 is 26.5. The van der Waals surface area contributed by atoms with Gasteiger partial charge in [0.05, 0.1) is 15.6 Å². The van der Waals surface area contributed by atoms with Crippen LogP contribution in [0.15, 0.2) is 15.9 Å². The van der Waals surface area contributed by atoms with Crippen LogP contribution >= 0.6 is 27.3 Å². The Bertz CT molecular complexity index is 469. The first kappa shape index (κ1) is 12.5. The van der Waals surface area contributed by atoms with Crippen molar-refractivity contribution < 1.29 is 8.42 Å². The molecule has 0 aliphatic carbocycles. The maximum atomic E-state index is 11.9. The van der Waals surface area contributed by atoms with E-state index in [0.29, 0.717) is 6.54 Å². The average Bonchev–Trinajstić information content (AvgIpc) is 2.85. The minimum Gasteiger partial charge on any atom is -0.212 e. The van der Waals surface area contributed by atoms with E-state index in [4.69, 9.17) is 0 Å². The summed E-state index contributed by atoms with van der Waals surface area (Å²) in [5.41, 5.74) is 0. The lowest BCUT2D eigenvalue weighted by Crippen LogP contribution is -2.31. The standard InChI is InChI=1S/C10H14BrNO2S2/c1-2-16(13,14)12-7-3-4-8(12)9-5-6-10(11)15-9/h5-6,8H,2-4,7H2,1H3/t8-/m0/s1. The summed E-state index contributed by atoms with van der Waals surface area (Å²) in [6, 6.07) is 4.05. The van der Waals surface area contributed by atoms with E-state index in [1.54, 1.807) is 22.6 Å². The summed E-state index contributed by atoms with van der Waals surface area (Å²) >= 11 is 5.04. The monoisotopic (exact) mass is 323 g/mol. The van der Waals surface area contributed by atoms with Gasteiger partial charge < -0.3 is 0 Å². The maximum Gasteiger partial charge on any atom is 0.214 e. The first-order valence-corrected chi connectivity index (χ1v) is 8.51. The molecule has 0 radical (unpaired) electrons. The molecule has 2 heterocycles. The van der Waals surface area contributed by atoms with Crippen molar-refractivity contribution in [3.63, 3.8) is 0 Å². The lowest BCUT2D eigenvalue weighted by atomic mass is 10.2. The van der Waals surface area contributed by atoms with Crippen LogP contribution in [0.3, 0.4) is 0 Å². The Morgan fingerprint density at radius 1 is 1.56 bits per heavy atom. The third-order valence-corrected chi connectivity index (χ3v) is 6.45. The highest BCUT2D eigenvalue weighted by Gasteiger charge is 2.34. The molecular weight excluding hydrogens is 310 g/mol. The Kier molecular flexibility index (Phi) is 3.73. The Labute approximate surface area is 109 Å². The van der Waals surface area contributed by atoms with Crippen molar-refractivity contribution in [2.24, 2.45) is 0 Å². The van der Waals surface area contributed by atoms with Crippen LogP contribution in [-0.2, 0) is 10.0 Å². The first-order valence-electron chi connectivity index (χ1n) is 5.29. The predicted molar refractivity (Wildman–Crippen MR) is 70.2 cm³/mol. The molecule has 0 bridgehead atoms. The molecule has 0 saturated carbocycles. The van der Waals surface area contributed by atoms with Crippen LogP contribution in [0, 0.1) is 0 Å². The van der Waals surface area contributed by atoms with Gasteiger partial charge in [0.1, 0.15) is 0 Å². The second-order valence-corrected chi connectivity index (χ2v) is 8.52. The molecule has 2 rings (SSSR count). The molecule has 0 aromatic carbocycles. The van der Waals surface area contributed by atoms with Crippen molar-refractivity contribution in [2.75, 3.05) is 12.3 Å². The number of hydrogen-bond acceptors (Lipinski definition) is 3. The predicted octanol–water partition coefficient (Wildman–Crippen LogP) is 3.00. The van der Waals surface area contributed by atoms with E-state index >= 15 is 0 Å². The fraction of sp³-hybridized carbons (Fsp3) is 0.600. The van der Waals surface area contributed by atoms with E-state index < -0.39 is 10.0 Å². The van der Waals surface area contributed by atoms with Gasteiger partial charge in [0.25, 0.3) is 0 Å². The molecule has 1 aliphatic heterocycles. The van der Waals surface area contributed by atoms with Crippen LogP contribution in [0.5, 0.6) is 0 Å². The van der Waals surface area contributed by atoms with Gasteiger partial charge in [-0.05, 0) is 47.8 Å².